The van der Waals surface area contributed by atoms with Crippen LogP contribution in [-0.4, -0.2) is 27.3 Å². The monoisotopic (exact) mass is 384 g/mol. The van der Waals surface area contributed by atoms with Gasteiger partial charge in [-0.15, -0.1) is 0 Å². The third-order valence-electron chi connectivity index (χ3n) is 3.27. The van der Waals surface area contributed by atoms with Crippen molar-refractivity contribution in [3.63, 3.8) is 0 Å². The number of para-hydroxylation sites is 1. The highest BCUT2D eigenvalue weighted by Gasteiger charge is 2.15. The normalized spacial score (nSPS) is 12.1. The van der Waals surface area contributed by atoms with Gasteiger partial charge >= 0.3 is 6.61 Å². The van der Waals surface area contributed by atoms with Gasteiger partial charge in [-0.25, -0.2) is 0 Å². The van der Waals surface area contributed by atoms with Gasteiger partial charge in [-0.3, -0.25) is 0 Å². The van der Waals surface area contributed by atoms with Gasteiger partial charge in [0.1, 0.15) is 11.5 Å². The van der Waals surface area contributed by atoms with Crippen molar-refractivity contribution in [2.75, 3.05) is 6.61 Å². The van der Waals surface area contributed by atoms with E-state index < -0.39 is 16.6 Å². The van der Waals surface area contributed by atoms with E-state index in [1.165, 1.54) is 49.4 Å². The van der Waals surface area contributed by atoms with Gasteiger partial charge < -0.3 is 9.47 Å². The molecule has 0 saturated heterocycles. The Bertz CT molecular complexity index is 869. The molecule has 2 rings (SSSR count). The van der Waals surface area contributed by atoms with Crippen molar-refractivity contribution in [1.82, 2.24) is 4.83 Å². The largest absolute Gasteiger partial charge is 0.494 e. The number of rotatable bonds is 8. The molecule has 0 fully saturated rings. The van der Waals surface area contributed by atoms with Crippen LogP contribution in [0.15, 0.2) is 58.5 Å². The summed E-state index contributed by atoms with van der Waals surface area (Å²) in [5.74, 6) is 0.452. The fourth-order valence-corrected chi connectivity index (χ4v) is 2.94. The summed E-state index contributed by atoms with van der Waals surface area (Å²) < 4.78 is 59.2. The quantitative estimate of drug-likeness (QED) is 0.559. The summed E-state index contributed by atoms with van der Waals surface area (Å²) >= 11 is 0. The molecule has 2 aromatic carbocycles. The number of benzene rings is 2. The van der Waals surface area contributed by atoms with E-state index in [1.54, 1.807) is 6.07 Å². The van der Waals surface area contributed by atoms with Crippen molar-refractivity contribution in [2.24, 2.45) is 5.10 Å². The topological polar surface area (TPSA) is 77.0 Å². The zero-order valence-corrected chi connectivity index (χ0v) is 15.0. The number of hydrazone groups is 1. The first kappa shape index (κ1) is 19.6. The number of hydrogen-bond donors (Lipinski definition) is 1. The highest BCUT2D eigenvalue weighted by Crippen LogP contribution is 2.21. The first-order valence-corrected chi connectivity index (χ1v) is 9.15. The zero-order valence-electron chi connectivity index (χ0n) is 14.1. The average molecular weight is 384 g/mol. The van der Waals surface area contributed by atoms with E-state index >= 15 is 0 Å². The molecule has 0 radical (unpaired) electrons. The molecule has 9 heteroatoms. The van der Waals surface area contributed by atoms with E-state index in [1.807, 2.05) is 6.92 Å². The highest BCUT2D eigenvalue weighted by atomic mass is 32.2. The van der Waals surface area contributed by atoms with Gasteiger partial charge in [0.2, 0.25) is 0 Å². The Morgan fingerprint density at radius 2 is 1.81 bits per heavy atom. The van der Waals surface area contributed by atoms with Crippen LogP contribution < -0.4 is 14.3 Å². The Morgan fingerprint density at radius 1 is 1.15 bits per heavy atom. The second-order valence-corrected chi connectivity index (χ2v) is 6.73. The van der Waals surface area contributed by atoms with E-state index in [-0.39, 0.29) is 21.9 Å². The standard InChI is InChI=1S/C17H18F2N2O4S/c1-3-24-13-8-10-14(11-9-13)26(22,23)21-20-12(2)15-6-4-5-7-16(15)25-17(18)19/h4-11,17,21H,3H2,1-2H3/b20-12+. The fraction of sp³-hybridized carbons (Fsp3) is 0.235. The Hall–Kier alpha value is -2.68. The lowest BCUT2D eigenvalue weighted by Gasteiger charge is -2.11. The Morgan fingerprint density at radius 3 is 2.42 bits per heavy atom. The molecule has 0 aliphatic carbocycles. The molecule has 0 aliphatic heterocycles. The van der Waals surface area contributed by atoms with Crippen molar-refractivity contribution < 1.29 is 26.7 Å². The van der Waals surface area contributed by atoms with Crippen molar-refractivity contribution >= 4 is 15.7 Å². The Kier molecular flexibility index (Phi) is 6.51. The molecule has 0 atom stereocenters. The van der Waals surface area contributed by atoms with E-state index in [9.17, 15) is 17.2 Å². The van der Waals surface area contributed by atoms with Crippen LogP contribution in [0.1, 0.15) is 19.4 Å². The summed E-state index contributed by atoms with van der Waals surface area (Å²) in [7, 11) is -3.91. The van der Waals surface area contributed by atoms with Crippen LogP contribution in [0.4, 0.5) is 8.78 Å². The molecule has 0 amide bonds. The number of hydrogen-bond acceptors (Lipinski definition) is 5. The number of ether oxygens (including phenoxy) is 2. The average Bonchev–Trinajstić information content (AvgIpc) is 2.60. The SMILES string of the molecule is CCOc1ccc(S(=O)(=O)N/N=C(\C)c2ccccc2OC(F)F)cc1. The van der Waals surface area contributed by atoms with Crippen LogP contribution in [0.2, 0.25) is 0 Å². The number of nitrogens with zero attached hydrogens (tertiary/aromatic N) is 1. The van der Waals surface area contributed by atoms with Gasteiger partial charge in [-0.05, 0) is 50.2 Å². The van der Waals surface area contributed by atoms with Crippen LogP contribution >= 0.6 is 0 Å². The van der Waals surface area contributed by atoms with Gasteiger partial charge in [0.25, 0.3) is 10.0 Å². The molecule has 0 aliphatic rings. The lowest BCUT2D eigenvalue weighted by Crippen LogP contribution is -2.20. The van der Waals surface area contributed by atoms with Crippen molar-refractivity contribution in [2.45, 2.75) is 25.4 Å². The Balaban J connectivity index is 2.19. The van der Waals surface area contributed by atoms with E-state index in [4.69, 9.17) is 4.74 Å². The predicted octanol–water partition coefficient (Wildman–Crippen LogP) is 3.39. The number of sulfonamides is 1. The lowest BCUT2D eigenvalue weighted by molar-refractivity contribution is -0.0499. The first-order chi connectivity index (χ1) is 12.3. The minimum Gasteiger partial charge on any atom is -0.494 e. The van der Waals surface area contributed by atoms with Crippen LogP contribution in [0.5, 0.6) is 11.5 Å². The molecule has 1 N–H and O–H groups in total. The molecule has 26 heavy (non-hydrogen) atoms. The van der Waals surface area contributed by atoms with Gasteiger partial charge in [0.05, 0.1) is 17.2 Å². The minimum atomic E-state index is -3.91. The van der Waals surface area contributed by atoms with Crippen molar-refractivity contribution in [3.05, 3.63) is 54.1 Å². The fourth-order valence-electron chi connectivity index (χ4n) is 2.09. The molecule has 0 unspecified atom stereocenters. The van der Waals surface area contributed by atoms with Crippen molar-refractivity contribution in [3.8, 4) is 11.5 Å². The van der Waals surface area contributed by atoms with Crippen LogP contribution in [0, 0.1) is 0 Å². The van der Waals surface area contributed by atoms with E-state index in [0.717, 1.165) is 0 Å². The summed E-state index contributed by atoms with van der Waals surface area (Å²) in [6.07, 6.45) is 0. The maximum Gasteiger partial charge on any atom is 0.387 e. The summed E-state index contributed by atoms with van der Waals surface area (Å²) in [6, 6.07) is 11.8. The molecule has 2 aromatic rings. The second kappa shape index (κ2) is 8.61. The zero-order chi connectivity index (χ0) is 19.2. The molecule has 0 bridgehead atoms. The van der Waals surface area contributed by atoms with Gasteiger partial charge in [0.15, 0.2) is 0 Å². The first-order valence-electron chi connectivity index (χ1n) is 7.66. The summed E-state index contributed by atoms with van der Waals surface area (Å²) in [4.78, 5) is 2.08. The number of halogens is 2. The predicted molar refractivity (Wildman–Crippen MR) is 93.2 cm³/mol. The van der Waals surface area contributed by atoms with Crippen LogP contribution in [0.3, 0.4) is 0 Å². The Labute approximate surface area is 150 Å². The molecular weight excluding hydrogens is 366 g/mol. The molecule has 0 spiro atoms. The molecule has 0 aromatic heterocycles. The molecule has 0 heterocycles. The maximum absolute atomic E-state index is 12.5. The number of alkyl halides is 2. The molecule has 6 nitrogen and oxygen atoms in total. The van der Waals surface area contributed by atoms with Crippen LogP contribution in [0.25, 0.3) is 0 Å². The third-order valence-corrected chi connectivity index (χ3v) is 4.50. The lowest BCUT2D eigenvalue weighted by atomic mass is 10.1. The van der Waals surface area contributed by atoms with Crippen molar-refractivity contribution in [1.29, 1.82) is 0 Å². The molecule has 0 saturated carbocycles. The van der Waals surface area contributed by atoms with Gasteiger partial charge in [-0.2, -0.15) is 27.1 Å². The van der Waals surface area contributed by atoms with Crippen LogP contribution in [-0.2, 0) is 10.0 Å². The minimum absolute atomic E-state index is 0.00498. The smallest absolute Gasteiger partial charge is 0.387 e. The second-order valence-electron chi connectivity index (χ2n) is 5.07. The van der Waals surface area contributed by atoms with E-state index in [0.29, 0.717) is 12.4 Å². The maximum atomic E-state index is 12.5. The third kappa shape index (κ3) is 5.16. The summed E-state index contributed by atoms with van der Waals surface area (Å²) in [5, 5.41) is 3.79. The number of nitrogens with one attached hydrogen (secondary N) is 1. The molecule has 140 valence electrons. The van der Waals surface area contributed by atoms with Gasteiger partial charge in [-0.1, -0.05) is 12.1 Å². The molecular formula is C17H18F2N2O4S. The summed E-state index contributed by atoms with van der Waals surface area (Å²) in [6.45, 7) is 0.770. The van der Waals surface area contributed by atoms with E-state index in [2.05, 4.69) is 14.7 Å². The summed E-state index contributed by atoms with van der Waals surface area (Å²) in [5.41, 5.74) is 0.429. The highest BCUT2D eigenvalue weighted by molar-refractivity contribution is 7.89. The van der Waals surface area contributed by atoms with Gasteiger partial charge in [0, 0.05) is 5.56 Å².